The Bertz CT molecular complexity index is 1170. The Kier molecular flexibility index (Phi) is 5.93. The number of fused-ring (bicyclic) bond motifs is 1. The SMILES string of the molecule is Cc1sc2nc(SCC(=O)Nc3ncc(C(F)(F)F)cc3Cl)n(C)c(=O)c2c1C. The van der Waals surface area contributed by atoms with Gasteiger partial charge >= 0.3 is 6.18 Å². The van der Waals surface area contributed by atoms with Crippen LogP contribution < -0.4 is 10.9 Å². The van der Waals surface area contributed by atoms with Gasteiger partial charge in [0.2, 0.25) is 5.91 Å². The summed E-state index contributed by atoms with van der Waals surface area (Å²) >= 11 is 8.21. The lowest BCUT2D eigenvalue weighted by Gasteiger charge is -2.10. The first-order chi connectivity index (χ1) is 13.5. The van der Waals surface area contributed by atoms with E-state index in [9.17, 15) is 22.8 Å². The van der Waals surface area contributed by atoms with E-state index in [0.29, 0.717) is 27.6 Å². The van der Waals surface area contributed by atoms with Gasteiger partial charge in [0.25, 0.3) is 5.56 Å². The molecule has 0 aliphatic carbocycles. The van der Waals surface area contributed by atoms with Crippen LogP contribution in [-0.2, 0) is 18.0 Å². The number of amides is 1. The highest BCUT2D eigenvalue weighted by atomic mass is 35.5. The monoisotopic (exact) mass is 462 g/mol. The molecule has 0 aliphatic rings. The first-order valence-corrected chi connectivity index (χ1v) is 10.3. The number of alkyl halides is 3. The number of aryl methyl sites for hydroxylation is 2. The van der Waals surface area contributed by atoms with Crippen LogP contribution in [0.5, 0.6) is 0 Å². The molecule has 3 rings (SSSR count). The molecule has 3 aromatic heterocycles. The van der Waals surface area contributed by atoms with Crippen molar-refractivity contribution in [3.8, 4) is 0 Å². The molecule has 154 valence electrons. The van der Waals surface area contributed by atoms with E-state index in [1.165, 1.54) is 15.9 Å². The number of pyridine rings is 1. The summed E-state index contributed by atoms with van der Waals surface area (Å²) in [6.45, 7) is 3.76. The Morgan fingerprint density at radius 1 is 1.38 bits per heavy atom. The van der Waals surface area contributed by atoms with E-state index in [1.54, 1.807) is 7.05 Å². The maximum atomic E-state index is 12.7. The lowest BCUT2D eigenvalue weighted by molar-refractivity contribution is -0.137. The van der Waals surface area contributed by atoms with Crippen LogP contribution in [0.4, 0.5) is 19.0 Å². The Hall–Kier alpha value is -2.11. The van der Waals surface area contributed by atoms with Crippen molar-refractivity contribution in [1.82, 2.24) is 14.5 Å². The van der Waals surface area contributed by atoms with E-state index >= 15 is 0 Å². The van der Waals surface area contributed by atoms with Gasteiger partial charge in [-0.05, 0) is 25.5 Å². The van der Waals surface area contributed by atoms with Gasteiger partial charge in [-0.15, -0.1) is 11.3 Å². The quantitative estimate of drug-likeness (QED) is 0.459. The van der Waals surface area contributed by atoms with E-state index in [2.05, 4.69) is 15.3 Å². The third-order valence-corrected chi connectivity index (χ3v) is 6.55. The molecule has 0 saturated heterocycles. The van der Waals surface area contributed by atoms with E-state index in [4.69, 9.17) is 11.6 Å². The summed E-state index contributed by atoms with van der Waals surface area (Å²) in [5.74, 6) is -0.849. The summed E-state index contributed by atoms with van der Waals surface area (Å²) in [5.41, 5.74) is -0.327. The fraction of sp³-hybridized carbons (Fsp3) is 0.294. The predicted octanol–water partition coefficient (Wildman–Crippen LogP) is 4.41. The summed E-state index contributed by atoms with van der Waals surface area (Å²) in [7, 11) is 1.57. The van der Waals surface area contributed by atoms with Crippen molar-refractivity contribution in [2.75, 3.05) is 11.1 Å². The highest BCUT2D eigenvalue weighted by Crippen LogP contribution is 2.32. The number of halogens is 4. The number of hydrogen-bond acceptors (Lipinski definition) is 6. The molecule has 0 radical (unpaired) electrons. The van der Waals surface area contributed by atoms with Gasteiger partial charge < -0.3 is 5.32 Å². The third-order valence-electron chi connectivity index (χ3n) is 4.13. The summed E-state index contributed by atoms with van der Waals surface area (Å²) in [5, 5.41) is 2.95. The van der Waals surface area contributed by atoms with Crippen molar-refractivity contribution in [1.29, 1.82) is 0 Å². The molecular weight excluding hydrogens is 449 g/mol. The van der Waals surface area contributed by atoms with Crippen LogP contribution in [0.1, 0.15) is 16.0 Å². The molecular formula is C17H14ClF3N4O2S2. The standard InChI is InChI=1S/C17H14ClF3N4O2S2/c1-7-8(2)29-14-12(7)15(27)25(3)16(24-14)28-6-11(26)23-13-10(18)4-9(5-22-13)17(19,20)21/h4-5H,6H2,1-3H3,(H,22,23,26). The van der Waals surface area contributed by atoms with Crippen LogP contribution in [0.2, 0.25) is 5.02 Å². The van der Waals surface area contributed by atoms with Gasteiger partial charge in [-0.25, -0.2) is 9.97 Å². The van der Waals surface area contributed by atoms with E-state index in [-0.39, 0.29) is 22.2 Å². The van der Waals surface area contributed by atoms with Crippen molar-refractivity contribution in [2.24, 2.45) is 7.05 Å². The average Bonchev–Trinajstić information content (AvgIpc) is 2.92. The molecule has 3 heterocycles. The molecule has 3 aromatic rings. The second-order valence-corrected chi connectivity index (χ2v) is 8.66. The molecule has 0 bridgehead atoms. The number of carbonyl (C=O) groups is 1. The molecule has 0 unspecified atom stereocenters. The van der Waals surface area contributed by atoms with Crippen molar-refractivity contribution in [2.45, 2.75) is 25.2 Å². The van der Waals surface area contributed by atoms with Crippen LogP contribution in [0.3, 0.4) is 0 Å². The number of thioether (sulfide) groups is 1. The van der Waals surface area contributed by atoms with Crippen LogP contribution >= 0.6 is 34.7 Å². The second kappa shape index (κ2) is 7.96. The van der Waals surface area contributed by atoms with Gasteiger partial charge in [0.05, 0.1) is 21.7 Å². The van der Waals surface area contributed by atoms with Crippen LogP contribution in [-0.4, -0.2) is 26.2 Å². The largest absolute Gasteiger partial charge is 0.417 e. The number of rotatable bonds is 4. The molecule has 1 N–H and O–H groups in total. The van der Waals surface area contributed by atoms with Crippen molar-refractivity contribution in [3.05, 3.63) is 43.6 Å². The lowest BCUT2D eigenvalue weighted by atomic mass is 10.2. The van der Waals surface area contributed by atoms with Gasteiger partial charge in [-0.2, -0.15) is 13.2 Å². The number of anilines is 1. The Morgan fingerprint density at radius 2 is 2.07 bits per heavy atom. The van der Waals surface area contributed by atoms with Crippen molar-refractivity contribution >= 4 is 56.6 Å². The Morgan fingerprint density at radius 3 is 2.69 bits per heavy atom. The smallest absolute Gasteiger partial charge is 0.309 e. The Labute approximate surface area is 176 Å². The number of nitrogens with one attached hydrogen (secondary N) is 1. The first kappa shape index (κ1) is 21.6. The molecule has 29 heavy (non-hydrogen) atoms. The number of aromatic nitrogens is 3. The van der Waals surface area contributed by atoms with Gasteiger partial charge in [0.15, 0.2) is 11.0 Å². The fourth-order valence-electron chi connectivity index (χ4n) is 2.47. The van der Waals surface area contributed by atoms with Crippen LogP contribution in [0.25, 0.3) is 10.2 Å². The van der Waals surface area contributed by atoms with Gasteiger partial charge in [0.1, 0.15) is 4.83 Å². The van der Waals surface area contributed by atoms with E-state index in [0.717, 1.165) is 22.2 Å². The molecule has 0 atom stereocenters. The van der Waals surface area contributed by atoms with E-state index < -0.39 is 17.6 Å². The predicted molar refractivity (Wildman–Crippen MR) is 108 cm³/mol. The second-order valence-electron chi connectivity index (χ2n) is 6.11. The third kappa shape index (κ3) is 4.41. The molecule has 6 nitrogen and oxygen atoms in total. The maximum absolute atomic E-state index is 12.7. The Balaban J connectivity index is 1.75. The average molecular weight is 463 g/mol. The van der Waals surface area contributed by atoms with Crippen LogP contribution in [0, 0.1) is 13.8 Å². The summed E-state index contributed by atoms with van der Waals surface area (Å²) < 4.78 is 39.3. The van der Waals surface area contributed by atoms with Crippen molar-refractivity contribution < 1.29 is 18.0 Å². The molecule has 1 amide bonds. The van der Waals surface area contributed by atoms with Gasteiger partial charge in [0, 0.05) is 18.1 Å². The number of carbonyl (C=O) groups excluding carboxylic acids is 1. The lowest BCUT2D eigenvalue weighted by Crippen LogP contribution is -2.21. The molecule has 0 fully saturated rings. The number of thiophene rings is 1. The summed E-state index contributed by atoms with van der Waals surface area (Å²) in [6.07, 6.45) is -3.99. The normalized spacial score (nSPS) is 11.8. The highest BCUT2D eigenvalue weighted by molar-refractivity contribution is 7.99. The number of hydrogen-bond donors (Lipinski definition) is 1. The summed E-state index contributed by atoms with van der Waals surface area (Å²) in [6, 6.07) is 0.692. The molecule has 0 aliphatic heterocycles. The highest BCUT2D eigenvalue weighted by Gasteiger charge is 2.31. The zero-order valence-corrected chi connectivity index (χ0v) is 17.7. The zero-order valence-electron chi connectivity index (χ0n) is 15.3. The summed E-state index contributed by atoms with van der Waals surface area (Å²) in [4.78, 5) is 34.3. The van der Waals surface area contributed by atoms with Gasteiger partial charge in [-0.3, -0.25) is 14.2 Å². The van der Waals surface area contributed by atoms with E-state index in [1.807, 2.05) is 13.8 Å². The fourth-order valence-corrected chi connectivity index (χ4v) is 4.52. The molecule has 0 saturated carbocycles. The van der Waals surface area contributed by atoms with Crippen molar-refractivity contribution in [3.63, 3.8) is 0 Å². The molecule has 12 heteroatoms. The van der Waals surface area contributed by atoms with Crippen LogP contribution in [0.15, 0.2) is 22.2 Å². The number of nitrogens with zero attached hydrogens (tertiary/aromatic N) is 3. The minimum Gasteiger partial charge on any atom is -0.309 e. The zero-order chi connectivity index (χ0) is 21.5. The first-order valence-electron chi connectivity index (χ1n) is 8.11. The minimum absolute atomic E-state index is 0.131. The maximum Gasteiger partial charge on any atom is 0.417 e. The topological polar surface area (TPSA) is 76.9 Å². The molecule has 0 spiro atoms. The molecule has 0 aromatic carbocycles. The van der Waals surface area contributed by atoms with Gasteiger partial charge in [-0.1, -0.05) is 23.4 Å². The minimum atomic E-state index is -4.58.